The number of hydrogen-bond donors (Lipinski definition) is 2. The van der Waals surface area contributed by atoms with Crippen molar-refractivity contribution in [1.29, 1.82) is 0 Å². The van der Waals surface area contributed by atoms with E-state index in [1.807, 2.05) is 0 Å². The van der Waals surface area contributed by atoms with Crippen molar-refractivity contribution in [2.24, 2.45) is 0 Å². The van der Waals surface area contributed by atoms with Gasteiger partial charge >= 0.3 is 0 Å². The van der Waals surface area contributed by atoms with Gasteiger partial charge in [0.2, 0.25) is 11.8 Å². The number of rotatable bonds is 4. The molecule has 2 rings (SSSR count). The smallest absolute Gasteiger partial charge is 0.246 e. The second-order valence-corrected chi connectivity index (χ2v) is 4.23. The third-order valence-corrected chi connectivity index (χ3v) is 2.87. The first-order valence-corrected chi connectivity index (χ1v) is 5.97. The number of likely N-dealkylation sites (N-methyl/N-ethyl adjacent to an activating group) is 1. The highest BCUT2D eigenvalue weighted by atomic mass is 16.2. The van der Waals surface area contributed by atoms with Crippen molar-refractivity contribution in [3.8, 4) is 0 Å². The number of hydrogen-bond acceptors (Lipinski definition) is 4. The number of nitrogens with one attached hydrogen (secondary N) is 2. The number of amides is 2. The average molecular weight is 261 g/mol. The van der Waals surface area contributed by atoms with Gasteiger partial charge in [0.1, 0.15) is 6.54 Å². The summed E-state index contributed by atoms with van der Waals surface area (Å²) in [7, 11) is 1.68. The maximum atomic E-state index is 12.0. The van der Waals surface area contributed by atoms with Crippen LogP contribution in [0.3, 0.4) is 0 Å². The fourth-order valence-corrected chi connectivity index (χ4v) is 1.98. The SMILES string of the molecule is CNCC(=O)c1ccccc1N1CC(=O)NCC1=O. The zero-order valence-electron chi connectivity index (χ0n) is 10.6. The van der Waals surface area contributed by atoms with Gasteiger partial charge in [0.05, 0.1) is 18.8 Å². The van der Waals surface area contributed by atoms with E-state index in [4.69, 9.17) is 0 Å². The van der Waals surface area contributed by atoms with Gasteiger partial charge in [-0.05, 0) is 19.2 Å². The van der Waals surface area contributed by atoms with E-state index in [-0.39, 0.29) is 37.2 Å². The first-order chi connectivity index (χ1) is 9.13. The van der Waals surface area contributed by atoms with Crippen molar-refractivity contribution >= 4 is 23.3 Å². The minimum atomic E-state index is -0.226. The second kappa shape index (κ2) is 5.62. The first-order valence-electron chi connectivity index (χ1n) is 5.97. The molecule has 1 fully saturated rings. The van der Waals surface area contributed by atoms with Crippen molar-refractivity contribution in [3.63, 3.8) is 0 Å². The predicted octanol–water partition coefficient (Wildman–Crippen LogP) is -0.448. The molecule has 0 bridgehead atoms. The number of para-hydroxylation sites is 1. The summed E-state index contributed by atoms with van der Waals surface area (Å²) in [6, 6.07) is 6.82. The van der Waals surface area contributed by atoms with Crippen LogP contribution in [-0.2, 0) is 9.59 Å². The molecular formula is C13H15N3O3. The van der Waals surface area contributed by atoms with Gasteiger partial charge in [-0.25, -0.2) is 0 Å². The molecule has 1 aliphatic heterocycles. The molecule has 0 radical (unpaired) electrons. The molecule has 0 spiro atoms. The highest BCUT2D eigenvalue weighted by Crippen LogP contribution is 2.21. The number of Topliss-reactive ketones (excluding diaryl/α,β-unsaturated/α-hetero) is 1. The number of carbonyl (C=O) groups excluding carboxylic acids is 3. The van der Waals surface area contributed by atoms with Gasteiger partial charge in [-0.2, -0.15) is 0 Å². The summed E-state index contributed by atoms with van der Waals surface area (Å²) in [4.78, 5) is 36.6. The first kappa shape index (κ1) is 13.2. The van der Waals surface area contributed by atoms with E-state index < -0.39 is 0 Å². The monoisotopic (exact) mass is 261 g/mol. The number of carbonyl (C=O) groups is 3. The molecular weight excluding hydrogens is 246 g/mol. The lowest BCUT2D eigenvalue weighted by molar-refractivity contribution is -0.128. The minimum Gasteiger partial charge on any atom is -0.345 e. The highest BCUT2D eigenvalue weighted by Gasteiger charge is 2.27. The molecule has 1 aliphatic rings. The molecule has 6 heteroatoms. The summed E-state index contributed by atoms with van der Waals surface area (Å²) in [5.41, 5.74) is 0.933. The molecule has 1 aromatic rings. The normalized spacial score (nSPS) is 15.3. The molecule has 1 heterocycles. The van der Waals surface area contributed by atoms with Crippen LogP contribution in [-0.4, -0.2) is 44.3 Å². The fraction of sp³-hybridized carbons (Fsp3) is 0.308. The molecule has 0 unspecified atom stereocenters. The van der Waals surface area contributed by atoms with Gasteiger partial charge in [-0.15, -0.1) is 0 Å². The summed E-state index contributed by atoms with van der Waals surface area (Å²) < 4.78 is 0. The zero-order valence-corrected chi connectivity index (χ0v) is 10.6. The molecule has 19 heavy (non-hydrogen) atoms. The van der Waals surface area contributed by atoms with Gasteiger partial charge in [-0.3, -0.25) is 14.4 Å². The Labute approximate surface area is 110 Å². The van der Waals surface area contributed by atoms with E-state index in [2.05, 4.69) is 10.6 Å². The van der Waals surface area contributed by atoms with Crippen molar-refractivity contribution in [2.75, 3.05) is 31.6 Å². The van der Waals surface area contributed by atoms with E-state index in [9.17, 15) is 14.4 Å². The number of nitrogens with zero attached hydrogens (tertiary/aromatic N) is 1. The summed E-state index contributed by atoms with van der Waals surface area (Å²) >= 11 is 0. The molecule has 1 saturated heterocycles. The third kappa shape index (κ3) is 2.79. The van der Waals surface area contributed by atoms with Crippen LogP contribution in [0.25, 0.3) is 0 Å². The number of ketones is 1. The van der Waals surface area contributed by atoms with Crippen LogP contribution >= 0.6 is 0 Å². The molecule has 2 amide bonds. The molecule has 0 aromatic heterocycles. The van der Waals surface area contributed by atoms with Gasteiger partial charge in [0.15, 0.2) is 5.78 Å². The lowest BCUT2D eigenvalue weighted by Crippen LogP contribution is -2.52. The average Bonchev–Trinajstić information content (AvgIpc) is 2.42. The Morgan fingerprint density at radius 2 is 2.11 bits per heavy atom. The molecule has 6 nitrogen and oxygen atoms in total. The van der Waals surface area contributed by atoms with Crippen LogP contribution in [0.1, 0.15) is 10.4 Å². The Balaban J connectivity index is 2.35. The van der Waals surface area contributed by atoms with Gasteiger partial charge in [0, 0.05) is 5.56 Å². The maximum absolute atomic E-state index is 12.0. The Hall–Kier alpha value is -2.21. The summed E-state index contributed by atoms with van der Waals surface area (Å²) in [5, 5.41) is 5.26. The van der Waals surface area contributed by atoms with E-state index in [1.54, 1.807) is 31.3 Å². The van der Waals surface area contributed by atoms with Crippen LogP contribution in [0.4, 0.5) is 5.69 Å². The van der Waals surface area contributed by atoms with E-state index in [0.29, 0.717) is 11.3 Å². The topological polar surface area (TPSA) is 78.5 Å². The zero-order chi connectivity index (χ0) is 13.8. The van der Waals surface area contributed by atoms with Crippen LogP contribution in [0, 0.1) is 0 Å². The van der Waals surface area contributed by atoms with Crippen LogP contribution in [0.5, 0.6) is 0 Å². The van der Waals surface area contributed by atoms with Crippen LogP contribution in [0.15, 0.2) is 24.3 Å². The lowest BCUT2D eigenvalue weighted by Gasteiger charge is -2.28. The number of anilines is 1. The molecule has 0 atom stereocenters. The lowest BCUT2D eigenvalue weighted by atomic mass is 10.1. The maximum Gasteiger partial charge on any atom is 0.246 e. The Bertz CT molecular complexity index is 528. The van der Waals surface area contributed by atoms with Crippen LogP contribution < -0.4 is 15.5 Å². The van der Waals surface area contributed by atoms with Gasteiger partial charge in [0.25, 0.3) is 0 Å². The Kier molecular flexibility index (Phi) is 3.91. The van der Waals surface area contributed by atoms with E-state index in [1.165, 1.54) is 4.90 Å². The highest BCUT2D eigenvalue weighted by molar-refractivity contribution is 6.10. The molecule has 2 N–H and O–H groups in total. The van der Waals surface area contributed by atoms with Crippen molar-refractivity contribution in [3.05, 3.63) is 29.8 Å². The predicted molar refractivity (Wildman–Crippen MR) is 70.1 cm³/mol. The van der Waals surface area contributed by atoms with Gasteiger partial charge in [-0.1, -0.05) is 12.1 Å². The largest absolute Gasteiger partial charge is 0.345 e. The van der Waals surface area contributed by atoms with Crippen molar-refractivity contribution < 1.29 is 14.4 Å². The van der Waals surface area contributed by atoms with Crippen molar-refractivity contribution in [2.45, 2.75) is 0 Å². The van der Waals surface area contributed by atoms with E-state index >= 15 is 0 Å². The molecule has 100 valence electrons. The van der Waals surface area contributed by atoms with E-state index in [0.717, 1.165) is 0 Å². The van der Waals surface area contributed by atoms with Gasteiger partial charge < -0.3 is 15.5 Å². The second-order valence-electron chi connectivity index (χ2n) is 4.23. The minimum absolute atomic E-state index is 0.0343. The van der Waals surface area contributed by atoms with Crippen LogP contribution in [0.2, 0.25) is 0 Å². The molecule has 1 aromatic carbocycles. The quantitative estimate of drug-likeness (QED) is 0.720. The molecule has 0 aliphatic carbocycles. The standard InChI is InChI=1S/C13H15N3O3/c1-14-6-11(17)9-4-2-3-5-10(9)16-8-12(18)15-7-13(16)19/h2-5,14H,6-8H2,1H3,(H,15,18). The molecule has 0 saturated carbocycles. The third-order valence-electron chi connectivity index (χ3n) is 2.87. The Morgan fingerprint density at radius 3 is 2.84 bits per heavy atom. The summed E-state index contributed by atoms with van der Waals surface area (Å²) in [6.07, 6.45) is 0. The Morgan fingerprint density at radius 1 is 1.37 bits per heavy atom. The summed E-state index contributed by atoms with van der Waals surface area (Å²) in [5.74, 6) is -0.559. The van der Waals surface area contributed by atoms with Crippen molar-refractivity contribution in [1.82, 2.24) is 10.6 Å². The summed E-state index contributed by atoms with van der Waals surface area (Å²) in [6.45, 7) is 0.0985. The number of piperazine rings is 1. The fourth-order valence-electron chi connectivity index (χ4n) is 1.98. The number of benzene rings is 1.